The van der Waals surface area contributed by atoms with Crippen molar-refractivity contribution >= 4 is 0 Å². The summed E-state index contributed by atoms with van der Waals surface area (Å²) in [6.45, 7) is 4.65. The Morgan fingerprint density at radius 1 is 1.06 bits per heavy atom. The summed E-state index contributed by atoms with van der Waals surface area (Å²) in [5.74, 6) is 1.35. The highest BCUT2D eigenvalue weighted by atomic mass is 16.5. The smallest absolute Gasteiger partial charge is 0.137 e. The monoisotopic (exact) mass is 455 g/mol. The highest BCUT2D eigenvalue weighted by Crippen LogP contribution is 2.27. The molecule has 0 aliphatic carbocycles. The molecule has 7 nitrogen and oxygen atoms in total. The minimum absolute atomic E-state index is 0.0905. The van der Waals surface area contributed by atoms with E-state index in [0.29, 0.717) is 30.9 Å². The average Bonchev–Trinajstić information content (AvgIpc) is 3.39. The van der Waals surface area contributed by atoms with Crippen molar-refractivity contribution < 1.29 is 9.47 Å². The second-order valence-corrected chi connectivity index (χ2v) is 8.93. The first-order chi connectivity index (χ1) is 16.8. The van der Waals surface area contributed by atoms with E-state index in [2.05, 4.69) is 33.1 Å². The lowest BCUT2D eigenvalue weighted by Gasteiger charge is -2.23. The number of likely N-dealkylation sites (tertiary alicyclic amines) is 1. The van der Waals surface area contributed by atoms with Crippen LogP contribution in [0.5, 0.6) is 5.75 Å². The van der Waals surface area contributed by atoms with Gasteiger partial charge in [0.1, 0.15) is 23.7 Å². The third kappa shape index (κ3) is 5.58. The maximum absolute atomic E-state index is 9.68. The quantitative estimate of drug-likeness (QED) is 0.529. The van der Waals surface area contributed by atoms with Crippen LogP contribution >= 0.6 is 0 Å². The van der Waals surface area contributed by atoms with Gasteiger partial charge in [0.25, 0.3) is 0 Å². The van der Waals surface area contributed by atoms with Crippen LogP contribution in [0.2, 0.25) is 0 Å². The summed E-state index contributed by atoms with van der Waals surface area (Å²) in [4.78, 5) is 16.3. The largest absolute Gasteiger partial charge is 0.489 e. The van der Waals surface area contributed by atoms with E-state index in [9.17, 15) is 5.26 Å². The molecule has 2 aliphatic heterocycles. The van der Waals surface area contributed by atoms with E-state index in [0.717, 1.165) is 47.7 Å². The standard InChI is InChI=1S/C27H29N5O2/c28-17-22-16-21(4-6-26(22)34-24-8-13-33-14-9-24)25-7-10-29-27(31-25)15-20-3-5-23(30-18-20)19-32-11-1-2-12-32/h3-7,10,16,18,24H,1-2,8-9,11-15,19H2. The topological polar surface area (TPSA) is 84.2 Å². The molecule has 0 unspecified atom stereocenters. The Morgan fingerprint density at radius 3 is 2.68 bits per heavy atom. The SMILES string of the molecule is N#Cc1cc(-c2ccnc(Cc3ccc(CN4CCCC4)nc3)n2)ccc1OC1CCOCC1. The second-order valence-electron chi connectivity index (χ2n) is 8.93. The minimum Gasteiger partial charge on any atom is -0.489 e. The van der Waals surface area contributed by atoms with Crippen molar-refractivity contribution in [1.29, 1.82) is 5.26 Å². The predicted molar refractivity (Wildman–Crippen MR) is 128 cm³/mol. The molecule has 2 aromatic heterocycles. The molecule has 0 bridgehead atoms. The first-order valence-corrected chi connectivity index (χ1v) is 12.0. The molecule has 2 saturated heterocycles. The third-order valence-electron chi connectivity index (χ3n) is 6.40. The fourth-order valence-electron chi connectivity index (χ4n) is 4.50. The van der Waals surface area contributed by atoms with Crippen molar-refractivity contribution in [2.45, 2.75) is 44.8 Å². The van der Waals surface area contributed by atoms with Crippen molar-refractivity contribution in [3.63, 3.8) is 0 Å². The number of hydrogen-bond acceptors (Lipinski definition) is 7. The van der Waals surface area contributed by atoms with E-state index in [1.807, 2.05) is 30.5 Å². The van der Waals surface area contributed by atoms with Crippen molar-refractivity contribution in [2.75, 3.05) is 26.3 Å². The number of aromatic nitrogens is 3. The number of nitriles is 1. The molecule has 174 valence electrons. The van der Waals surface area contributed by atoms with Crippen LogP contribution in [0.25, 0.3) is 11.3 Å². The average molecular weight is 456 g/mol. The molecule has 0 N–H and O–H groups in total. The molecule has 5 rings (SSSR count). The van der Waals surface area contributed by atoms with Gasteiger partial charge in [-0.25, -0.2) is 9.97 Å². The van der Waals surface area contributed by atoms with E-state index < -0.39 is 0 Å². The van der Waals surface area contributed by atoms with Crippen LogP contribution in [0.3, 0.4) is 0 Å². The first kappa shape index (κ1) is 22.5. The van der Waals surface area contributed by atoms with Crippen LogP contribution < -0.4 is 4.74 Å². The maximum atomic E-state index is 9.68. The summed E-state index contributed by atoms with van der Waals surface area (Å²) in [5, 5.41) is 9.68. The number of hydrogen-bond donors (Lipinski definition) is 0. The van der Waals surface area contributed by atoms with Crippen LogP contribution in [-0.2, 0) is 17.7 Å². The fourth-order valence-corrected chi connectivity index (χ4v) is 4.50. The lowest BCUT2D eigenvalue weighted by atomic mass is 10.1. The molecule has 2 fully saturated rings. The highest BCUT2D eigenvalue weighted by Gasteiger charge is 2.18. The van der Waals surface area contributed by atoms with Gasteiger partial charge < -0.3 is 9.47 Å². The van der Waals surface area contributed by atoms with E-state index in [4.69, 9.17) is 14.5 Å². The van der Waals surface area contributed by atoms with Gasteiger partial charge in [0, 0.05) is 43.8 Å². The lowest BCUT2D eigenvalue weighted by Crippen LogP contribution is -2.26. The normalized spacial score (nSPS) is 16.9. The molecule has 0 atom stereocenters. The fraction of sp³-hybridized carbons (Fsp3) is 0.407. The van der Waals surface area contributed by atoms with Crippen LogP contribution in [0.1, 0.15) is 48.3 Å². The summed E-state index contributed by atoms with van der Waals surface area (Å²) in [5.41, 5.74) is 4.37. The molecule has 7 heteroatoms. The summed E-state index contributed by atoms with van der Waals surface area (Å²) < 4.78 is 11.5. The predicted octanol–water partition coefficient (Wildman–Crippen LogP) is 4.15. The van der Waals surface area contributed by atoms with Gasteiger partial charge in [-0.3, -0.25) is 9.88 Å². The third-order valence-corrected chi connectivity index (χ3v) is 6.40. The van der Waals surface area contributed by atoms with Crippen LogP contribution in [0.15, 0.2) is 48.8 Å². The molecule has 4 heterocycles. The van der Waals surface area contributed by atoms with Crippen molar-refractivity contribution in [1.82, 2.24) is 19.9 Å². The number of nitrogens with zero attached hydrogens (tertiary/aromatic N) is 5. The molecule has 3 aromatic rings. The van der Waals surface area contributed by atoms with Crippen LogP contribution in [0, 0.1) is 11.3 Å². The van der Waals surface area contributed by atoms with Gasteiger partial charge in [0.05, 0.1) is 30.2 Å². The van der Waals surface area contributed by atoms with Gasteiger partial charge in [-0.05, 0) is 61.8 Å². The van der Waals surface area contributed by atoms with Crippen molar-refractivity contribution in [2.24, 2.45) is 0 Å². The van der Waals surface area contributed by atoms with Crippen LogP contribution in [0.4, 0.5) is 0 Å². The molecule has 0 saturated carbocycles. The Kier molecular flexibility index (Phi) is 7.08. The lowest BCUT2D eigenvalue weighted by molar-refractivity contribution is 0.0254. The van der Waals surface area contributed by atoms with E-state index >= 15 is 0 Å². The Hall–Kier alpha value is -3.34. The van der Waals surface area contributed by atoms with E-state index in [1.54, 1.807) is 6.20 Å². The van der Waals surface area contributed by atoms with Gasteiger partial charge in [-0.1, -0.05) is 6.07 Å². The van der Waals surface area contributed by atoms with E-state index in [-0.39, 0.29) is 6.10 Å². The number of benzene rings is 1. The summed E-state index contributed by atoms with van der Waals surface area (Å²) in [6.07, 6.45) is 8.66. The zero-order valence-electron chi connectivity index (χ0n) is 19.3. The second kappa shape index (κ2) is 10.7. The number of rotatable bonds is 7. The molecule has 1 aromatic carbocycles. The molecule has 0 spiro atoms. The molecule has 0 radical (unpaired) electrons. The summed E-state index contributed by atoms with van der Waals surface area (Å²) >= 11 is 0. The highest BCUT2D eigenvalue weighted by molar-refractivity contribution is 5.64. The zero-order valence-corrected chi connectivity index (χ0v) is 19.3. The molecule has 34 heavy (non-hydrogen) atoms. The molecule has 0 amide bonds. The molecule has 2 aliphatic rings. The van der Waals surface area contributed by atoms with Crippen LogP contribution in [-0.4, -0.2) is 52.3 Å². The Labute approximate surface area is 200 Å². The minimum atomic E-state index is 0.0905. The van der Waals surface area contributed by atoms with Gasteiger partial charge in [0.2, 0.25) is 0 Å². The van der Waals surface area contributed by atoms with E-state index in [1.165, 1.54) is 25.9 Å². The summed E-state index contributed by atoms with van der Waals surface area (Å²) in [6, 6.07) is 14.0. The Bertz CT molecular complexity index is 1150. The number of ether oxygens (including phenoxy) is 2. The van der Waals surface area contributed by atoms with Crippen molar-refractivity contribution in [3.05, 3.63) is 71.4 Å². The van der Waals surface area contributed by atoms with Crippen molar-refractivity contribution in [3.8, 4) is 23.1 Å². The van der Waals surface area contributed by atoms with Gasteiger partial charge in [0.15, 0.2) is 0 Å². The maximum Gasteiger partial charge on any atom is 0.137 e. The molecular weight excluding hydrogens is 426 g/mol. The number of pyridine rings is 1. The Balaban J connectivity index is 1.27. The molecular formula is C27H29N5O2. The van der Waals surface area contributed by atoms with Gasteiger partial charge in [-0.2, -0.15) is 5.26 Å². The van der Waals surface area contributed by atoms with Gasteiger partial charge in [-0.15, -0.1) is 0 Å². The first-order valence-electron chi connectivity index (χ1n) is 12.0. The Morgan fingerprint density at radius 2 is 1.91 bits per heavy atom. The zero-order chi connectivity index (χ0) is 23.2. The summed E-state index contributed by atoms with van der Waals surface area (Å²) in [7, 11) is 0. The van der Waals surface area contributed by atoms with Gasteiger partial charge >= 0.3 is 0 Å².